The lowest BCUT2D eigenvalue weighted by molar-refractivity contribution is 0.101. The molecule has 0 fully saturated rings. The first-order valence-corrected chi connectivity index (χ1v) is 8.64. The molecule has 2 N–H and O–H groups in total. The summed E-state index contributed by atoms with van der Waals surface area (Å²) in [6.07, 6.45) is 0. The number of nitrogens with zero attached hydrogens (tertiary/aromatic N) is 2. The average Bonchev–Trinajstić information content (AvgIpc) is 2.68. The molecule has 3 aromatic rings. The Morgan fingerprint density at radius 1 is 1.00 bits per heavy atom. The van der Waals surface area contributed by atoms with Crippen molar-refractivity contribution in [3.8, 4) is 5.75 Å². The fourth-order valence-corrected chi connectivity index (χ4v) is 2.65. The van der Waals surface area contributed by atoms with E-state index < -0.39 is 0 Å². The number of nitrogens with one attached hydrogen (secondary N) is 2. The molecule has 0 aliphatic rings. The Hall–Kier alpha value is -3.74. The SMILES string of the molecule is COc1ccccc1NC(=O)c1cc(Nc2cccc(C(C)=O)c2)nc(C)n1. The van der Waals surface area contributed by atoms with Crippen LogP contribution in [-0.4, -0.2) is 28.8 Å². The summed E-state index contributed by atoms with van der Waals surface area (Å²) in [5.74, 6) is 1.05. The lowest BCUT2D eigenvalue weighted by Gasteiger charge is -2.11. The fraction of sp³-hybridized carbons (Fsp3) is 0.143. The molecule has 1 aromatic heterocycles. The molecule has 0 saturated carbocycles. The minimum atomic E-state index is -0.379. The van der Waals surface area contributed by atoms with Crippen LogP contribution in [0.25, 0.3) is 0 Å². The zero-order chi connectivity index (χ0) is 20.1. The summed E-state index contributed by atoms with van der Waals surface area (Å²) in [4.78, 5) is 32.7. The molecule has 1 heterocycles. The van der Waals surface area contributed by atoms with Crippen LogP contribution in [0.5, 0.6) is 5.75 Å². The summed E-state index contributed by atoms with van der Waals surface area (Å²) in [6, 6.07) is 15.8. The fourth-order valence-electron chi connectivity index (χ4n) is 2.65. The van der Waals surface area contributed by atoms with Gasteiger partial charge in [0.15, 0.2) is 5.78 Å². The molecule has 0 radical (unpaired) electrons. The Labute approximate surface area is 162 Å². The molecule has 0 saturated heterocycles. The average molecular weight is 376 g/mol. The van der Waals surface area contributed by atoms with Crippen molar-refractivity contribution in [3.63, 3.8) is 0 Å². The number of methoxy groups -OCH3 is 1. The van der Waals surface area contributed by atoms with Crippen LogP contribution in [0, 0.1) is 6.92 Å². The molecular formula is C21H20N4O3. The first kappa shape index (κ1) is 19.0. The lowest BCUT2D eigenvalue weighted by atomic mass is 10.1. The minimum Gasteiger partial charge on any atom is -0.495 e. The molecule has 0 spiro atoms. The van der Waals surface area contributed by atoms with Gasteiger partial charge in [0.2, 0.25) is 0 Å². The van der Waals surface area contributed by atoms with Crippen LogP contribution < -0.4 is 15.4 Å². The standard InChI is InChI=1S/C21H20N4O3/c1-13(26)15-7-6-8-16(11-15)24-20-12-18(22-14(2)23-20)21(27)25-17-9-4-5-10-19(17)28-3/h4-12H,1-3H3,(H,25,27)(H,22,23,24). The van der Waals surface area contributed by atoms with Gasteiger partial charge < -0.3 is 15.4 Å². The van der Waals surface area contributed by atoms with E-state index in [1.54, 1.807) is 49.4 Å². The van der Waals surface area contributed by atoms with Crippen molar-refractivity contribution >= 4 is 28.9 Å². The van der Waals surface area contributed by atoms with Gasteiger partial charge in [0.05, 0.1) is 12.8 Å². The molecule has 2 aromatic carbocycles. The van der Waals surface area contributed by atoms with Gasteiger partial charge in [0.25, 0.3) is 5.91 Å². The van der Waals surface area contributed by atoms with Crippen LogP contribution in [0.4, 0.5) is 17.2 Å². The minimum absolute atomic E-state index is 0.0283. The molecule has 7 nitrogen and oxygen atoms in total. The summed E-state index contributed by atoms with van der Waals surface area (Å²) in [5, 5.41) is 5.91. The van der Waals surface area contributed by atoms with E-state index in [4.69, 9.17) is 4.74 Å². The number of aromatic nitrogens is 2. The van der Waals surface area contributed by atoms with Crippen LogP contribution in [0.3, 0.4) is 0 Å². The highest BCUT2D eigenvalue weighted by Crippen LogP contribution is 2.24. The number of benzene rings is 2. The summed E-state index contributed by atoms with van der Waals surface area (Å²) in [7, 11) is 1.54. The normalized spacial score (nSPS) is 10.2. The maximum Gasteiger partial charge on any atom is 0.274 e. The Morgan fingerprint density at radius 2 is 1.79 bits per heavy atom. The number of hydrogen-bond donors (Lipinski definition) is 2. The highest BCUT2D eigenvalue weighted by Gasteiger charge is 2.13. The van der Waals surface area contributed by atoms with Crippen LogP contribution >= 0.6 is 0 Å². The van der Waals surface area contributed by atoms with E-state index in [1.165, 1.54) is 14.0 Å². The van der Waals surface area contributed by atoms with Crippen molar-refractivity contribution in [2.45, 2.75) is 13.8 Å². The van der Waals surface area contributed by atoms with E-state index in [0.29, 0.717) is 34.3 Å². The molecular weight excluding hydrogens is 356 g/mol. The molecule has 0 aliphatic carbocycles. The second kappa shape index (κ2) is 8.30. The smallest absolute Gasteiger partial charge is 0.274 e. The Morgan fingerprint density at radius 3 is 2.54 bits per heavy atom. The van der Waals surface area contributed by atoms with Gasteiger partial charge in [-0.05, 0) is 38.1 Å². The predicted molar refractivity (Wildman–Crippen MR) is 107 cm³/mol. The molecule has 142 valence electrons. The molecule has 0 bridgehead atoms. The Balaban J connectivity index is 1.84. The lowest BCUT2D eigenvalue weighted by Crippen LogP contribution is -2.16. The number of para-hydroxylation sites is 2. The predicted octanol–water partition coefficient (Wildman–Crippen LogP) is 3.99. The quantitative estimate of drug-likeness (QED) is 0.632. The van der Waals surface area contributed by atoms with Crippen LogP contribution in [0.2, 0.25) is 0 Å². The van der Waals surface area contributed by atoms with E-state index >= 15 is 0 Å². The Bertz CT molecular complexity index is 1030. The van der Waals surface area contributed by atoms with Crippen molar-refractivity contribution in [2.75, 3.05) is 17.7 Å². The van der Waals surface area contributed by atoms with Crippen molar-refractivity contribution in [3.05, 3.63) is 71.7 Å². The molecule has 3 rings (SSSR count). The zero-order valence-electron chi connectivity index (χ0n) is 15.8. The summed E-state index contributed by atoms with van der Waals surface area (Å²) < 4.78 is 5.25. The van der Waals surface area contributed by atoms with Gasteiger partial charge in [0.1, 0.15) is 23.1 Å². The van der Waals surface area contributed by atoms with E-state index in [-0.39, 0.29) is 17.4 Å². The molecule has 0 aliphatic heterocycles. The molecule has 7 heteroatoms. The number of ether oxygens (including phenoxy) is 1. The van der Waals surface area contributed by atoms with Gasteiger partial charge in [-0.25, -0.2) is 9.97 Å². The topological polar surface area (TPSA) is 93.2 Å². The van der Waals surface area contributed by atoms with Crippen LogP contribution in [-0.2, 0) is 0 Å². The van der Waals surface area contributed by atoms with Gasteiger partial charge in [-0.15, -0.1) is 0 Å². The van der Waals surface area contributed by atoms with E-state index in [0.717, 1.165) is 0 Å². The van der Waals surface area contributed by atoms with Gasteiger partial charge in [-0.2, -0.15) is 0 Å². The number of carbonyl (C=O) groups is 2. The van der Waals surface area contributed by atoms with Crippen LogP contribution in [0.15, 0.2) is 54.6 Å². The Kier molecular flexibility index (Phi) is 5.64. The van der Waals surface area contributed by atoms with Gasteiger partial charge in [0, 0.05) is 17.3 Å². The number of ketones is 1. The first-order chi connectivity index (χ1) is 13.5. The number of rotatable bonds is 6. The highest BCUT2D eigenvalue weighted by atomic mass is 16.5. The van der Waals surface area contributed by atoms with Crippen molar-refractivity contribution in [2.24, 2.45) is 0 Å². The van der Waals surface area contributed by atoms with E-state index in [2.05, 4.69) is 20.6 Å². The molecule has 28 heavy (non-hydrogen) atoms. The maximum atomic E-state index is 12.7. The third-order valence-electron chi connectivity index (χ3n) is 3.97. The molecule has 1 amide bonds. The van der Waals surface area contributed by atoms with Crippen molar-refractivity contribution < 1.29 is 14.3 Å². The summed E-state index contributed by atoms with van der Waals surface area (Å²) in [5.41, 5.74) is 2.05. The molecule has 0 unspecified atom stereocenters. The highest BCUT2D eigenvalue weighted by molar-refractivity contribution is 6.04. The third-order valence-corrected chi connectivity index (χ3v) is 3.97. The number of Topliss-reactive ketones (excluding diaryl/α,β-unsaturated/α-hetero) is 1. The van der Waals surface area contributed by atoms with E-state index in [1.807, 2.05) is 12.1 Å². The number of aryl methyl sites for hydroxylation is 1. The van der Waals surface area contributed by atoms with Gasteiger partial charge in [-0.3, -0.25) is 9.59 Å². The van der Waals surface area contributed by atoms with Crippen molar-refractivity contribution in [1.82, 2.24) is 9.97 Å². The zero-order valence-corrected chi connectivity index (χ0v) is 15.8. The number of hydrogen-bond acceptors (Lipinski definition) is 6. The number of carbonyl (C=O) groups excluding carboxylic acids is 2. The summed E-state index contributed by atoms with van der Waals surface area (Å²) >= 11 is 0. The largest absolute Gasteiger partial charge is 0.495 e. The maximum absolute atomic E-state index is 12.7. The third kappa shape index (κ3) is 4.50. The van der Waals surface area contributed by atoms with Crippen molar-refractivity contribution in [1.29, 1.82) is 0 Å². The summed E-state index contributed by atoms with van der Waals surface area (Å²) in [6.45, 7) is 3.21. The second-order valence-corrected chi connectivity index (χ2v) is 6.10. The molecule has 0 atom stereocenters. The monoisotopic (exact) mass is 376 g/mol. The van der Waals surface area contributed by atoms with Gasteiger partial charge in [-0.1, -0.05) is 24.3 Å². The second-order valence-electron chi connectivity index (χ2n) is 6.10. The first-order valence-electron chi connectivity index (χ1n) is 8.64. The number of amides is 1. The van der Waals surface area contributed by atoms with E-state index in [9.17, 15) is 9.59 Å². The van der Waals surface area contributed by atoms with Gasteiger partial charge >= 0.3 is 0 Å². The van der Waals surface area contributed by atoms with Crippen LogP contribution in [0.1, 0.15) is 33.6 Å². The number of anilines is 3.